The maximum atomic E-state index is 11.9. The van der Waals surface area contributed by atoms with Gasteiger partial charge in [0.15, 0.2) is 0 Å². The molecule has 1 aromatic rings. The van der Waals surface area contributed by atoms with Gasteiger partial charge >= 0.3 is 0 Å². The lowest BCUT2D eigenvalue weighted by atomic mass is 9.95. The van der Waals surface area contributed by atoms with Crippen LogP contribution in [0, 0.1) is 17.2 Å². The van der Waals surface area contributed by atoms with Crippen molar-refractivity contribution in [1.29, 1.82) is 5.26 Å². The number of likely N-dealkylation sites (tertiary alicyclic amines) is 1. The molecule has 20 heavy (non-hydrogen) atoms. The SMILES string of the molecule is CN(C)C(=O)C1CCN(Cc2ccccc2C#N)CC1. The number of rotatable bonds is 3. The highest BCUT2D eigenvalue weighted by atomic mass is 16.2. The maximum absolute atomic E-state index is 11.9. The molecule has 1 heterocycles. The third kappa shape index (κ3) is 3.37. The van der Waals surface area contributed by atoms with Crippen molar-refractivity contribution in [2.45, 2.75) is 19.4 Å². The molecule has 0 N–H and O–H groups in total. The van der Waals surface area contributed by atoms with Gasteiger partial charge in [-0.25, -0.2) is 0 Å². The van der Waals surface area contributed by atoms with Crippen molar-refractivity contribution in [2.75, 3.05) is 27.2 Å². The Bertz CT molecular complexity index is 511. The molecule has 1 saturated heterocycles. The van der Waals surface area contributed by atoms with Crippen molar-refractivity contribution in [3.8, 4) is 6.07 Å². The Labute approximate surface area is 120 Å². The van der Waals surface area contributed by atoms with Crippen molar-refractivity contribution >= 4 is 5.91 Å². The van der Waals surface area contributed by atoms with E-state index in [0.717, 1.165) is 43.6 Å². The number of benzene rings is 1. The molecular formula is C16H21N3O. The Morgan fingerprint density at radius 1 is 1.35 bits per heavy atom. The molecule has 4 heteroatoms. The fraction of sp³-hybridized carbons (Fsp3) is 0.500. The molecule has 0 spiro atoms. The van der Waals surface area contributed by atoms with Gasteiger partial charge in [-0.15, -0.1) is 0 Å². The summed E-state index contributed by atoms with van der Waals surface area (Å²) in [5.41, 5.74) is 1.83. The summed E-state index contributed by atoms with van der Waals surface area (Å²) in [5.74, 6) is 0.398. The second-order valence-electron chi connectivity index (χ2n) is 5.55. The van der Waals surface area contributed by atoms with Gasteiger partial charge in [-0.05, 0) is 37.6 Å². The molecule has 1 fully saturated rings. The lowest BCUT2D eigenvalue weighted by Crippen LogP contribution is -2.39. The zero-order chi connectivity index (χ0) is 14.5. The van der Waals surface area contributed by atoms with Gasteiger partial charge < -0.3 is 4.90 Å². The first-order valence-electron chi connectivity index (χ1n) is 7.03. The third-order valence-corrected chi connectivity index (χ3v) is 3.91. The largest absolute Gasteiger partial charge is 0.349 e. The van der Waals surface area contributed by atoms with E-state index >= 15 is 0 Å². The molecule has 0 unspecified atom stereocenters. The number of hydrogen-bond acceptors (Lipinski definition) is 3. The second-order valence-corrected chi connectivity index (χ2v) is 5.55. The molecule has 0 saturated carbocycles. The van der Waals surface area contributed by atoms with Gasteiger partial charge in [0.05, 0.1) is 11.6 Å². The van der Waals surface area contributed by atoms with Crippen LogP contribution in [-0.2, 0) is 11.3 Å². The van der Waals surface area contributed by atoms with Crippen molar-refractivity contribution in [3.05, 3.63) is 35.4 Å². The normalized spacial score (nSPS) is 16.6. The van der Waals surface area contributed by atoms with Crippen LogP contribution in [0.5, 0.6) is 0 Å². The van der Waals surface area contributed by atoms with E-state index in [4.69, 9.17) is 5.26 Å². The number of piperidine rings is 1. The molecule has 0 aromatic heterocycles. The summed E-state index contributed by atoms with van der Waals surface area (Å²) < 4.78 is 0. The van der Waals surface area contributed by atoms with Crippen LogP contribution >= 0.6 is 0 Å². The average Bonchev–Trinajstić information content (AvgIpc) is 2.48. The molecule has 106 valence electrons. The molecule has 1 amide bonds. The van der Waals surface area contributed by atoms with E-state index in [2.05, 4.69) is 11.0 Å². The van der Waals surface area contributed by atoms with E-state index in [0.29, 0.717) is 0 Å². The van der Waals surface area contributed by atoms with Gasteiger partial charge in [-0.3, -0.25) is 9.69 Å². The number of hydrogen-bond donors (Lipinski definition) is 0. The first kappa shape index (κ1) is 14.5. The van der Waals surface area contributed by atoms with E-state index in [1.807, 2.05) is 38.4 Å². The quantitative estimate of drug-likeness (QED) is 0.843. The Morgan fingerprint density at radius 2 is 2.00 bits per heavy atom. The lowest BCUT2D eigenvalue weighted by molar-refractivity contribution is -0.134. The molecule has 0 aliphatic carbocycles. The van der Waals surface area contributed by atoms with Crippen LogP contribution in [0.1, 0.15) is 24.0 Å². The number of nitriles is 1. The highest BCUT2D eigenvalue weighted by Crippen LogP contribution is 2.21. The van der Waals surface area contributed by atoms with Crippen molar-refractivity contribution in [1.82, 2.24) is 9.80 Å². The van der Waals surface area contributed by atoms with Gasteiger partial charge in [0, 0.05) is 26.6 Å². The molecule has 0 atom stereocenters. The van der Waals surface area contributed by atoms with Crippen LogP contribution in [0.15, 0.2) is 24.3 Å². The van der Waals surface area contributed by atoms with Crippen LogP contribution in [-0.4, -0.2) is 42.9 Å². The second kappa shape index (κ2) is 6.53. The predicted molar refractivity (Wildman–Crippen MR) is 77.9 cm³/mol. The summed E-state index contributed by atoms with van der Waals surface area (Å²) >= 11 is 0. The summed E-state index contributed by atoms with van der Waals surface area (Å²) in [4.78, 5) is 15.9. The smallest absolute Gasteiger partial charge is 0.225 e. The van der Waals surface area contributed by atoms with Gasteiger partial charge in [0.1, 0.15) is 0 Å². The molecule has 0 radical (unpaired) electrons. The molecule has 1 aliphatic rings. The van der Waals surface area contributed by atoms with Gasteiger partial charge in [-0.2, -0.15) is 5.26 Å². The van der Waals surface area contributed by atoms with Gasteiger partial charge in [0.2, 0.25) is 5.91 Å². The molecule has 1 aromatic carbocycles. The highest BCUT2D eigenvalue weighted by molar-refractivity contribution is 5.78. The van der Waals surface area contributed by atoms with Crippen LogP contribution in [0.2, 0.25) is 0 Å². The summed E-state index contributed by atoms with van der Waals surface area (Å²) in [6, 6.07) is 9.97. The van der Waals surface area contributed by atoms with Crippen LogP contribution in [0.3, 0.4) is 0 Å². The number of nitrogens with zero attached hydrogens (tertiary/aromatic N) is 3. The minimum absolute atomic E-state index is 0.160. The Balaban J connectivity index is 1.92. The van der Waals surface area contributed by atoms with Crippen molar-refractivity contribution in [3.63, 3.8) is 0 Å². The minimum atomic E-state index is 0.160. The maximum Gasteiger partial charge on any atom is 0.225 e. The van der Waals surface area contributed by atoms with E-state index in [1.54, 1.807) is 4.90 Å². The molecule has 0 bridgehead atoms. The first-order chi connectivity index (χ1) is 9.61. The average molecular weight is 271 g/mol. The predicted octanol–water partition coefficient (Wildman–Crippen LogP) is 1.86. The Kier molecular flexibility index (Phi) is 4.75. The highest BCUT2D eigenvalue weighted by Gasteiger charge is 2.26. The summed E-state index contributed by atoms with van der Waals surface area (Å²) in [5, 5.41) is 9.11. The molecule has 2 rings (SSSR count). The number of carbonyl (C=O) groups is 1. The third-order valence-electron chi connectivity index (χ3n) is 3.91. The number of amides is 1. The first-order valence-corrected chi connectivity index (χ1v) is 7.03. The van der Waals surface area contributed by atoms with Crippen LogP contribution in [0.25, 0.3) is 0 Å². The number of carbonyl (C=O) groups excluding carboxylic acids is 1. The fourth-order valence-electron chi connectivity index (χ4n) is 2.71. The fourth-order valence-corrected chi connectivity index (χ4v) is 2.71. The topological polar surface area (TPSA) is 47.3 Å². The van der Waals surface area contributed by atoms with E-state index in [-0.39, 0.29) is 11.8 Å². The van der Waals surface area contributed by atoms with Crippen LogP contribution in [0.4, 0.5) is 0 Å². The Hall–Kier alpha value is -1.86. The summed E-state index contributed by atoms with van der Waals surface area (Å²) in [6.07, 6.45) is 1.82. The standard InChI is InChI=1S/C16H21N3O/c1-18(2)16(20)13-7-9-19(10-8-13)12-15-6-4-3-5-14(15)11-17/h3-6,13H,7-10,12H2,1-2H3. The van der Waals surface area contributed by atoms with E-state index in [9.17, 15) is 4.79 Å². The molecule has 4 nitrogen and oxygen atoms in total. The Morgan fingerprint density at radius 3 is 2.60 bits per heavy atom. The zero-order valence-electron chi connectivity index (χ0n) is 12.2. The van der Waals surface area contributed by atoms with Gasteiger partial charge in [0.25, 0.3) is 0 Å². The zero-order valence-corrected chi connectivity index (χ0v) is 12.2. The minimum Gasteiger partial charge on any atom is -0.349 e. The lowest BCUT2D eigenvalue weighted by Gasteiger charge is -2.32. The monoisotopic (exact) mass is 271 g/mol. The van der Waals surface area contributed by atoms with E-state index < -0.39 is 0 Å². The van der Waals surface area contributed by atoms with Crippen LogP contribution < -0.4 is 0 Å². The summed E-state index contributed by atoms with van der Waals surface area (Å²) in [7, 11) is 3.63. The molecule has 1 aliphatic heterocycles. The van der Waals surface area contributed by atoms with Crippen molar-refractivity contribution < 1.29 is 4.79 Å². The van der Waals surface area contributed by atoms with Gasteiger partial charge in [-0.1, -0.05) is 18.2 Å². The molecular weight excluding hydrogens is 250 g/mol. The van der Waals surface area contributed by atoms with E-state index in [1.165, 1.54) is 0 Å². The summed E-state index contributed by atoms with van der Waals surface area (Å²) in [6.45, 7) is 2.64. The van der Waals surface area contributed by atoms with Crippen molar-refractivity contribution in [2.24, 2.45) is 5.92 Å².